The lowest BCUT2D eigenvalue weighted by atomic mass is 10.1. The average Bonchev–Trinajstić information content (AvgIpc) is 2.99. The number of benzene rings is 1. The molecular weight excluding hydrogens is 318 g/mol. The number of hydrogen-bond acceptors (Lipinski definition) is 5. The van der Waals surface area contributed by atoms with E-state index in [-0.39, 0.29) is 11.9 Å². The maximum Gasteiger partial charge on any atom is 0.328 e. The molecule has 1 fully saturated rings. The molecule has 0 spiro atoms. The Morgan fingerprint density at radius 3 is 2.56 bits per heavy atom. The lowest BCUT2D eigenvalue weighted by molar-refractivity contribution is -0.136. The van der Waals surface area contributed by atoms with Gasteiger partial charge in [0.05, 0.1) is 0 Å². The normalized spacial score (nSPS) is 22.8. The molecule has 7 heteroatoms. The number of fused-ring (bicyclic) bond motifs is 1. The van der Waals surface area contributed by atoms with Crippen LogP contribution in [0.15, 0.2) is 48.0 Å². The van der Waals surface area contributed by atoms with Gasteiger partial charge in [-0.2, -0.15) is 0 Å². The van der Waals surface area contributed by atoms with Crippen molar-refractivity contribution in [2.45, 2.75) is 18.8 Å². The molecule has 132 valence electrons. The van der Waals surface area contributed by atoms with Crippen molar-refractivity contribution in [3.63, 3.8) is 0 Å². The maximum absolute atomic E-state index is 12.7. The predicted octanol–water partition coefficient (Wildman–Crippen LogP) is 1.19. The van der Waals surface area contributed by atoms with Crippen LogP contribution in [-0.4, -0.2) is 77.4 Å². The van der Waals surface area contributed by atoms with Gasteiger partial charge in [-0.3, -0.25) is 9.69 Å². The van der Waals surface area contributed by atoms with E-state index >= 15 is 0 Å². The van der Waals surface area contributed by atoms with Crippen LogP contribution in [0.25, 0.3) is 0 Å². The number of carbonyl (C=O) groups is 2. The van der Waals surface area contributed by atoms with Crippen molar-refractivity contribution in [2.24, 2.45) is 4.99 Å². The van der Waals surface area contributed by atoms with Crippen LogP contribution >= 0.6 is 0 Å². The molecule has 1 saturated heterocycles. The van der Waals surface area contributed by atoms with Crippen LogP contribution in [0, 0.1) is 0 Å². The Bertz CT molecular complexity index is 717. The number of urea groups is 1. The van der Waals surface area contributed by atoms with E-state index in [1.807, 2.05) is 47.2 Å². The number of nitrogens with zero attached hydrogens (tertiary/aromatic N) is 5. The second-order valence-corrected chi connectivity index (χ2v) is 6.36. The number of likely N-dealkylation sites (N-methyl/N-ethyl adjacent to an activating group) is 2. The maximum atomic E-state index is 12.7. The highest BCUT2D eigenvalue weighted by Crippen LogP contribution is 2.28. The van der Waals surface area contributed by atoms with Crippen molar-refractivity contribution in [2.75, 3.05) is 27.7 Å². The minimum atomic E-state index is -0.515. The molecule has 2 heterocycles. The zero-order valence-corrected chi connectivity index (χ0v) is 14.8. The van der Waals surface area contributed by atoms with E-state index in [0.717, 1.165) is 10.5 Å². The first-order chi connectivity index (χ1) is 12.0. The van der Waals surface area contributed by atoms with Crippen LogP contribution < -0.4 is 0 Å². The Morgan fingerprint density at radius 1 is 1.24 bits per heavy atom. The first kappa shape index (κ1) is 17.0. The molecule has 7 nitrogen and oxygen atoms in total. The number of amides is 3. The molecular formula is C18H23N5O2. The highest BCUT2D eigenvalue weighted by Gasteiger charge is 2.51. The summed E-state index contributed by atoms with van der Waals surface area (Å²) in [4.78, 5) is 36.2. The number of rotatable bonds is 4. The van der Waals surface area contributed by atoms with Gasteiger partial charge in [-0.05, 0) is 5.56 Å². The summed E-state index contributed by atoms with van der Waals surface area (Å²) >= 11 is 0. The summed E-state index contributed by atoms with van der Waals surface area (Å²) in [7, 11) is 5.13. The fourth-order valence-corrected chi connectivity index (χ4v) is 3.33. The molecule has 3 amide bonds. The summed E-state index contributed by atoms with van der Waals surface area (Å²) in [6.45, 7) is 4.94. The van der Waals surface area contributed by atoms with Gasteiger partial charge in [-0.25, -0.2) is 9.79 Å². The van der Waals surface area contributed by atoms with Gasteiger partial charge < -0.3 is 14.7 Å². The third-order valence-electron chi connectivity index (χ3n) is 4.62. The van der Waals surface area contributed by atoms with E-state index in [2.05, 4.69) is 6.58 Å². The van der Waals surface area contributed by atoms with Gasteiger partial charge in [0.1, 0.15) is 0 Å². The van der Waals surface area contributed by atoms with E-state index in [1.165, 1.54) is 11.9 Å². The molecule has 2 unspecified atom stereocenters. The molecule has 0 aromatic heterocycles. The van der Waals surface area contributed by atoms with Gasteiger partial charge >= 0.3 is 6.03 Å². The summed E-state index contributed by atoms with van der Waals surface area (Å²) in [6, 6.07) is 9.21. The molecule has 0 saturated carbocycles. The fourth-order valence-electron chi connectivity index (χ4n) is 3.33. The van der Waals surface area contributed by atoms with Crippen molar-refractivity contribution in [3.8, 4) is 0 Å². The third kappa shape index (κ3) is 2.86. The van der Waals surface area contributed by atoms with Gasteiger partial charge in [0, 0.05) is 34.2 Å². The van der Waals surface area contributed by atoms with Crippen LogP contribution in [0.1, 0.15) is 5.56 Å². The molecule has 0 aliphatic carbocycles. The summed E-state index contributed by atoms with van der Waals surface area (Å²) < 4.78 is 0. The van der Waals surface area contributed by atoms with Crippen LogP contribution in [-0.2, 0) is 11.3 Å². The zero-order valence-electron chi connectivity index (χ0n) is 14.8. The molecule has 2 aliphatic heterocycles. The first-order valence-corrected chi connectivity index (χ1v) is 8.20. The minimum absolute atomic E-state index is 0.234. The lowest BCUT2D eigenvalue weighted by Crippen LogP contribution is -2.64. The number of imide groups is 1. The van der Waals surface area contributed by atoms with Crippen molar-refractivity contribution in [1.29, 1.82) is 0 Å². The molecule has 1 aromatic rings. The molecule has 0 bridgehead atoms. The van der Waals surface area contributed by atoms with Crippen LogP contribution in [0.5, 0.6) is 0 Å². The van der Waals surface area contributed by atoms with Gasteiger partial charge in [-0.1, -0.05) is 36.4 Å². The van der Waals surface area contributed by atoms with Crippen LogP contribution in [0.2, 0.25) is 0 Å². The predicted molar refractivity (Wildman–Crippen MR) is 95.8 cm³/mol. The minimum Gasteiger partial charge on any atom is -0.341 e. The highest BCUT2D eigenvalue weighted by atomic mass is 16.2. The second kappa shape index (κ2) is 6.58. The van der Waals surface area contributed by atoms with Gasteiger partial charge in [-0.15, -0.1) is 6.58 Å². The zero-order chi connectivity index (χ0) is 18.1. The average molecular weight is 341 g/mol. The number of guanidine groups is 1. The monoisotopic (exact) mass is 341 g/mol. The highest BCUT2D eigenvalue weighted by molar-refractivity contribution is 6.03. The number of aliphatic imine (C=N–C) groups is 1. The smallest absolute Gasteiger partial charge is 0.328 e. The topological polar surface area (TPSA) is 59.5 Å². The van der Waals surface area contributed by atoms with Gasteiger partial charge in [0.25, 0.3) is 5.91 Å². The number of carbonyl (C=O) groups excluding carboxylic acids is 2. The fraction of sp³-hybridized carbons (Fsp3) is 0.389. The SMILES string of the molecule is C=CCN1C(N(C)Cc2ccccc2)=NC2C1C(=O)N(C)C(=O)N2C. The van der Waals surface area contributed by atoms with E-state index in [4.69, 9.17) is 4.99 Å². The van der Waals surface area contributed by atoms with E-state index in [1.54, 1.807) is 13.1 Å². The Balaban J connectivity index is 1.91. The van der Waals surface area contributed by atoms with Crippen molar-refractivity contribution in [3.05, 3.63) is 48.6 Å². The first-order valence-electron chi connectivity index (χ1n) is 8.20. The Kier molecular flexibility index (Phi) is 4.48. The molecule has 3 rings (SSSR count). The molecule has 2 atom stereocenters. The lowest BCUT2D eigenvalue weighted by Gasteiger charge is -2.40. The quantitative estimate of drug-likeness (QED) is 0.772. The van der Waals surface area contributed by atoms with Crippen LogP contribution in [0.4, 0.5) is 4.79 Å². The molecule has 25 heavy (non-hydrogen) atoms. The van der Waals surface area contributed by atoms with E-state index in [9.17, 15) is 9.59 Å². The summed E-state index contributed by atoms with van der Waals surface area (Å²) in [5.74, 6) is 0.462. The Labute approximate surface area is 147 Å². The van der Waals surface area contributed by atoms with Crippen LogP contribution in [0.3, 0.4) is 0 Å². The standard InChI is InChI=1S/C18H23N5O2/c1-5-11-23-14-15(21(3)18(25)22(4)16(14)24)19-17(23)20(2)12-13-9-7-6-8-10-13/h5-10,14-15H,1,11-12H2,2-4H3. The summed E-state index contributed by atoms with van der Waals surface area (Å²) in [5, 5.41) is 0. The van der Waals surface area contributed by atoms with Gasteiger partial charge in [0.2, 0.25) is 0 Å². The molecule has 2 aliphatic rings. The molecule has 0 N–H and O–H groups in total. The molecule has 1 aromatic carbocycles. The largest absolute Gasteiger partial charge is 0.341 e. The van der Waals surface area contributed by atoms with Crippen molar-refractivity contribution in [1.82, 2.24) is 19.6 Å². The van der Waals surface area contributed by atoms with Crippen molar-refractivity contribution < 1.29 is 9.59 Å². The molecule has 0 radical (unpaired) electrons. The second-order valence-electron chi connectivity index (χ2n) is 6.36. The van der Waals surface area contributed by atoms with E-state index in [0.29, 0.717) is 19.0 Å². The van der Waals surface area contributed by atoms with E-state index < -0.39 is 12.2 Å². The third-order valence-corrected chi connectivity index (χ3v) is 4.62. The summed E-state index contributed by atoms with van der Waals surface area (Å²) in [5.41, 5.74) is 1.15. The Morgan fingerprint density at radius 2 is 1.92 bits per heavy atom. The number of hydrogen-bond donors (Lipinski definition) is 0. The van der Waals surface area contributed by atoms with Crippen molar-refractivity contribution >= 4 is 17.9 Å². The van der Waals surface area contributed by atoms with Gasteiger partial charge in [0.15, 0.2) is 18.2 Å². The Hall–Kier alpha value is -2.83. The summed E-state index contributed by atoms with van der Waals surface area (Å²) in [6.07, 6.45) is 1.24.